The number of hydrogen-bond acceptors (Lipinski definition) is 7. The molecular formula is C19H21ClN8O2. The second-order valence-corrected chi connectivity index (χ2v) is 8.57. The van der Waals surface area contributed by atoms with Gasteiger partial charge in [-0.1, -0.05) is 18.5 Å². The number of urea groups is 1. The van der Waals surface area contributed by atoms with Crippen molar-refractivity contribution >= 4 is 23.3 Å². The lowest BCUT2D eigenvalue weighted by molar-refractivity contribution is -0.110. The van der Waals surface area contributed by atoms with Crippen LogP contribution < -0.4 is 5.32 Å². The van der Waals surface area contributed by atoms with Crippen LogP contribution in [0, 0.1) is 12.8 Å². The molecule has 2 bridgehead atoms. The zero-order valence-corrected chi connectivity index (χ0v) is 17.6. The standard InChI is InChI=1S/C19H21ClN8O2/c1-10-6-13-9-19(8-10,17-24-22-11(2)30-17)28(13)18(29)21-12-4-5-15(20)14(7-12)16-23-26-27(3)25-16/h4-5,7,10,13H,6,8-9H2,1-3H3,(H,21,29)/t10-,13+,19-/m0/s1. The van der Waals surface area contributed by atoms with Crippen LogP contribution in [-0.4, -0.2) is 47.4 Å². The molecule has 0 spiro atoms. The summed E-state index contributed by atoms with van der Waals surface area (Å²) >= 11 is 6.31. The zero-order chi connectivity index (χ0) is 21.0. The van der Waals surface area contributed by atoms with E-state index in [9.17, 15) is 4.79 Å². The lowest BCUT2D eigenvalue weighted by Gasteiger charge is -2.61. The number of carbonyl (C=O) groups is 1. The van der Waals surface area contributed by atoms with Crippen LogP contribution in [-0.2, 0) is 12.6 Å². The van der Waals surface area contributed by atoms with Gasteiger partial charge in [-0.05, 0) is 42.2 Å². The van der Waals surface area contributed by atoms with Crippen molar-refractivity contribution in [2.24, 2.45) is 13.0 Å². The highest BCUT2D eigenvalue weighted by molar-refractivity contribution is 6.33. The summed E-state index contributed by atoms with van der Waals surface area (Å²) in [7, 11) is 1.68. The summed E-state index contributed by atoms with van der Waals surface area (Å²) < 4.78 is 5.75. The quantitative estimate of drug-likeness (QED) is 0.681. The molecule has 3 heterocycles. The third-order valence-corrected chi connectivity index (χ3v) is 6.20. The Morgan fingerprint density at radius 1 is 1.30 bits per heavy atom. The second-order valence-electron chi connectivity index (χ2n) is 8.16. The Morgan fingerprint density at radius 2 is 2.13 bits per heavy atom. The van der Waals surface area contributed by atoms with Gasteiger partial charge in [-0.25, -0.2) is 4.79 Å². The molecule has 5 rings (SSSR count). The number of fused-ring (bicyclic) bond motifs is 2. The third-order valence-electron chi connectivity index (χ3n) is 5.87. The number of nitrogens with one attached hydrogen (secondary N) is 1. The van der Waals surface area contributed by atoms with Crippen molar-refractivity contribution in [2.45, 2.75) is 44.7 Å². The van der Waals surface area contributed by atoms with Crippen molar-refractivity contribution in [1.29, 1.82) is 0 Å². The van der Waals surface area contributed by atoms with Crippen LogP contribution in [0.5, 0.6) is 0 Å². The van der Waals surface area contributed by atoms with Gasteiger partial charge in [-0.15, -0.1) is 20.4 Å². The van der Waals surface area contributed by atoms with E-state index < -0.39 is 5.54 Å². The highest BCUT2D eigenvalue weighted by Crippen LogP contribution is 2.55. The summed E-state index contributed by atoms with van der Waals surface area (Å²) in [5, 5.41) is 23.7. The topological polar surface area (TPSA) is 115 Å². The van der Waals surface area contributed by atoms with Crippen LogP contribution in [0.25, 0.3) is 11.4 Å². The van der Waals surface area contributed by atoms with Gasteiger partial charge in [0.05, 0.1) is 12.1 Å². The van der Waals surface area contributed by atoms with E-state index in [1.165, 1.54) is 4.80 Å². The Kier molecular flexibility index (Phi) is 4.28. The monoisotopic (exact) mass is 428 g/mol. The number of likely N-dealkylation sites (tertiary alicyclic amines) is 1. The molecule has 1 aliphatic heterocycles. The molecule has 2 aliphatic rings. The van der Waals surface area contributed by atoms with Gasteiger partial charge in [-0.3, -0.25) is 0 Å². The summed E-state index contributed by atoms with van der Waals surface area (Å²) in [5.41, 5.74) is 0.652. The van der Waals surface area contributed by atoms with Crippen molar-refractivity contribution in [1.82, 2.24) is 35.3 Å². The van der Waals surface area contributed by atoms with Gasteiger partial charge in [0.1, 0.15) is 5.54 Å². The molecule has 11 heteroatoms. The van der Waals surface area contributed by atoms with Gasteiger partial charge in [0.25, 0.3) is 0 Å². The molecule has 2 fully saturated rings. The number of aromatic nitrogens is 6. The molecule has 0 radical (unpaired) electrons. The van der Waals surface area contributed by atoms with E-state index in [1.807, 2.05) is 4.90 Å². The summed E-state index contributed by atoms with van der Waals surface area (Å²) in [6.45, 7) is 3.95. The maximum Gasteiger partial charge on any atom is 0.323 e. The molecule has 30 heavy (non-hydrogen) atoms. The Morgan fingerprint density at radius 3 is 2.83 bits per heavy atom. The molecule has 1 N–H and O–H groups in total. The molecule has 1 aromatic carbocycles. The first kappa shape index (κ1) is 19.0. The predicted molar refractivity (Wildman–Crippen MR) is 108 cm³/mol. The minimum Gasteiger partial charge on any atom is -0.423 e. The van der Waals surface area contributed by atoms with Gasteiger partial charge in [0.2, 0.25) is 17.6 Å². The van der Waals surface area contributed by atoms with Gasteiger partial charge in [0.15, 0.2) is 0 Å². The Balaban J connectivity index is 1.43. The highest BCUT2D eigenvalue weighted by atomic mass is 35.5. The number of benzene rings is 1. The van der Waals surface area contributed by atoms with Crippen LogP contribution in [0.15, 0.2) is 22.6 Å². The van der Waals surface area contributed by atoms with Crippen molar-refractivity contribution < 1.29 is 9.21 Å². The van der Waals surface area contributed by atoms with Gasteiger partial charge < -0.3 is 14.6 Å². The van der Waals surface area contributed by atoms with E-state index in [0.717, 1.165) is 19.3 Å². The number of nitrogens with zero attached hydrogens (tertiary/aromatic N) is 7. The average molecular weight is 429 g/mol. The minimum atomic E-state index is -0.546. The molecule has 1 saturated heterocycles. The van der Waals surface area contributed by atoms with Crippen LogP contribution in [0.1, 0.15) is 38.0 Å². The van der Waals surface area contributed by atoms with Crippen molar-refractivity contribution in [2.75, 3.05) is 5.32 Å². The van der Waals surface area contributed by atoms with E-state index >= 15 is 0 Å². The van der Waals surface area contributed by atoms with Gasteiger partial charge in [-0.2, -0.15) is 4.80 Å². The van der Waals surface area contributed by atoms with Crippen molar-refractivity contribution in [3.05, 3.63) is 35.0 Å². The highest BCUT2D eigenvalue weighted by Gasteiger charge is 2.62. The number of hydrogen-bond donors (Lipinski definition) is 1. The van der Waals surface area contributed by atoms with Gasteiger partial charge in [0, 0.05) is 30.6 Å². The second kappa shape index (κ2) is 6.76. The zero-order valence-electron chi connectivity index (χ0n) is 16.8. The number of halogens is 1. The number of piperidine rings is 1. The van der Waals surface area contributed by atoms with Crippen molar-refractivity contribution in [3.8, 4) is 11.4 Å². The summed E-state index contributed by atoms with van der Waals surface area (Å²) in [6, 6.07) is 5.16. The Labute approximate surface area is 177 Å². The van der Waals surface area contributed by atoms with Crippen molar-refractivity contribution in [3.63, 3.8) is 0 Å². The first-order valence-electron chi connectivity index (χ1n) is 9.80. The van der Waals surface area contributed by atoms with Crippen LogP contribution in [0.4, 0.5) is 10.5 Å². The number of aryl methyl sites for hydroxylation is 2. The van der Waals surface area contributed by atoms with Gasteiger partial charge >= 0.3 is 6.03 Å². The molecular weight excluding hydrogens is 408 g/mol. The smallest absolute Gasteiger partial charge is 0.323 e. The molecule has 1 saturated carbocycles. The largest absolute Gasteiger partial charge is 0.423 e. The maximum atomic E-state index is 13.3. The molecule has 1 aliphatic carbocycles. The first-order valence-corrected chi connectivity index (χ1v) is 10.2. The first-order chi connectivity index (χ1) is 14.4. The van der Waals surface area contributed by atoms with E-state index in [-0.39, 0.29) is 12.1 Å². The average Bonchev–Trinajstić information content (AvgIpc) is 3.31. The fourth-order valence-corrected chi connectivity index (χ4v) is 4.99. The molecule has 3 aromatic rings. The minimum absolute atomic E-state index is 0.148. The fraction of sp³-hybridized carbons (Fsp3) is 0.474. The molecule has 2 aromatic heterocycles. The normalized spacial score (nSPS) is 25.1. The van der Waals surface area contributed by atoms with Crippen LogP contribution in [0.3, 0.4) is 0 Å². The number of anilines is 1. The number of tetrazole rings is 1. The summed E-state index contributed by atoms with van der Waals surface area (Å²) in [5.74, 6) is 1.88. The lowest BCUT2D eigenvalue weighted by Crippen LogP contribution is -2.70. The maximum absolute atomic E-state index is 13.3. The molecule has 156 valence electrons. The van der Waals surface area contributed by atoms with E-state index in [2.05, 4.69) is 37.8 Å². The van der Waals surface area contributed by atoms with E-state index in [1.54, 1.807) is 32.2 Å². The molecule has 10 nitrogen and oxygen atoms in total. The number of carbonyl (C=O) groups excluding carboxylic acids is 1. The Hall–Kier alpha value is -3.01. The van der Waals surface area contributed by atoms with Crippen LogP contribution in [0.2, 0.25) is 5.02 Å². The van der Waals surface area contributed by atoms with Crippen LogP contribution >= 0.6 is 11.6 Å². The predicted octanol–water partition coefficient (Wildman–Crippen LogP) is 3.15. The molecule has 2 amide bonds. The Bertz CT molecular complexity index is 1130. The fourth-order valence-electron chi connectivity index (χ4n) is 4.78. The summed E-state index contributed by atoms with van der Waals surface area (Å²) in [6.07, 6.45) is 2.59. The molecule has 0 unspecified atom stereocenters. The summed E-state index contributed by atoms with van der Waals surface area (Å²) in [4.78, 5) is 16.5. The van der Waals surface area contributed by atoms with E-state index in [4.69, 9.17) is 16.0 Å². The lowest BCUT2D eigenvalue weighted by atomic mass is 9.64. The SMILES string of the molecule is Cc1nnc([C@]23C[C@@H](C)C[C@H](C2)N3C(=O)Nc2ccc(Cl)c(-c3nnn(C)n3)c2)o1. The number of rotatable bonds is 3. The van der Waals surface area contributed by atoms with E-state index in [0.29, 0.717) is 39.8 Å². The third kappa shape index (κ3) is 2.94. The number of amides is 2. The molecule has 3 atom stereocenters.